The molecule has 3 rings (SSSR count). The molecule has 6 nitrogen and oxygen atoms in total. The van der Waals surface area contributed by atoms with E-state index < -0.39 is 39.3 Å². The molecule has 2 N–H and O–H groups in total. The smallest absolute Gasteiger partial charge is 0.243 e. The average molecular weight is 495 g/mol. The van der Waals surface area contributed by atoms with E-state index >= 15 is 0 Å². The fourth-order valence-electron chi connectivity index (χ4n) is 3.04. The first-order chi connectivity index (χ1) is 15.7. The number of anilines is 1. The monoisotopic (exact) mass is 494 g/mol. The van der Waals surface area contributed by atoms with Gasteiger partial charge in [0.05, 0.1) is 16.5 Å². The van der Waals surface area contributed by atoms with Crippen molar-refractivity contribution in [3.8, 4) is 5.75 Å². The minimum Gasteiger partial charge on any atom is -0.492 e. The van der Waals surface area contributed by atoms with Gasteiger partial charge in [0.25, 0.3) is 0 Å². The minimum atomic E-state index is -4.23. The Balaban J connectivity index is 1.90. The van der Waals surface area contributed by atoms with Gasteiger partial charge in [-0.25, -0.2) is 17.2 Å². The van der Waals surface area contributed by atoms with E-state index in [-0.39, 0.29) is 16.3 Å². The molecule has 0 bridgehead atoms. The van der Waals surface area contributed by atoms with Crippen LogP contribution in [0.5, 0.6) is 5.75 Å². The summed E-state index contributed by atoms with van der Waals surface area (Å²) >= 11 is 6.11. The molecule has 0 heterocycles. The second-order valence-electron chi connectivity index (χ2n) is 6.97. The van der Waals surface area contributed by atoms with Crippen LogP contribution in [0.1, 0.15) is 12.5 Å². The molecule has 1 amide bonds. The molecule has 0 radical (unpaired) electrons. The highest BCUT2D eigenvalue weighted by molar-refractivity contribution is 7.89. The number of carbonyl (C=O) groups is 1. The molecule has 0 aliphatic carbocycles. The van der Waals surface area contributed by atoms with Gasteiger partial charge in [-0.1, -0.05) is 48.0 Å². The van der Waals surface area contributed by atoms with Gasteiger partial charge in [-0.15, -0.1) is 0 Å². The van der Waals surface area contributed by atoms with Gasteiger partial charge in [-0.2, -0.15) is 4.72 Å². The molecule has 3 aromatic carbocycles. The summed E-state index contributed by atoms with van der Waals surface area (Å²) in [6, 6.07) is 14.2. The topological polar surface area (TPSA) is 84.5 Å². The lowest BCUT2D eigenvalue weighted by molar-refractivity contribution is -0.117. The highest BCUT2D eigenvalue weighted by atomic mass is 35.5. The van der Waals surface area contributed by atoms with Crippen molar-refractivity contribution in [2.75, 3.05) is 11.9 Å². The number of rotatable bonds is 9. The number of hydrogen-bond acceptors (Lipinski definition) is 4. The van der Waals surface area contributed by atoms with Crippen molar-refractivity contribution in [1.82, 2.24) is 4.72 Å². The van der Waals surface area contributed by atoms with Crippen LogP contribution in [0.2, 0.25) is 5.02 Å². The number of para-hydroxylation sites is 1. The zero-order valence-electron chi connectivity index (χ0n) is 17.5. The van der Waals surface area contributed by atoms with Crippen molar-refractivity contribution >= 4 is 33.2 Å². The molecule has 10 heteroatoms. The van der Waals surface area contributed by atoms with Crippen LogP contribution in [0.25, 0.3) is 0 Å². The van der Waals surface area contributed by atoms with E-state index in [2.05, 4.69) is 10.0 Å². The van der Waals surface area contributed by atoms with Gasteiger partial charge in [-0.05, 0) is 49.2 Å². The SMILES string of the molecule is CCOc1ccc(S(=O)(=O)N[C@H](Cc2ccccc2)C(=O)Nc2c(F)cccc2F)cc1Cl. The first kappa shape index (κ1) is 24.6. The second-order valence-corrected chi connectivity index (χ2v) is 9.10. The predicted octanol–water partition coefficient (Wildman–Crippen LogP) is 4.55. The third-order valence-electron chi connectivity index (χ3n) is 4.62. The molecule has 0 aromatic heterocycles. The lowest BCUT2D eigenvalue weighted by Crippen LogP contribution is -2.45. The Morgan fingerprint density at radius 2 is 1.70 bits per heavy atom. The van der Waals surface area contributed by atoms with E-state index in [0.717, 1.165) is 18.2 Å². The molecule has 174 valence electrons. The summed E-state index contributed by atoms with van der Waals surface area (Å²) in [5.41, 5.74) is -0.0250. The third kappa shape index (κ3) is 6.28. The molecule has 0 aliphatic heterocycles. The van der Waals surface area contributed by atoms with Gasteiger partial charge >= 0.3 is 0 Å². The van der Waals surface area contributed by atoms with E-state index in [9.17, 15) is 22.0 Å². The van der Waals surface area contributed by atoms with Crippen LogP contribution < -0.4 is 14.8 Å². The number of amides is 1. The summed E-state index contributed by atoms with van der Waals surface area (Å²) < 4.78 is 61.7. The lowest BCUT2D eigenvalue weighted by atomic mass is 10.1. The third-order valence-corrected chi connectivity index (χ3v) is 6.39. The molecule has 0 saturated carbocycles. The number of carbonyl (C=O) groups excluding carboxylic acids is 1. The quantitative estimate of drug-likeness (QED) is 0.457. The standard InChI is InChI=1S/C23H21ClF2N2O4S/c1-2-32-21-12-11-16(14-17(21)24)33(30,31)28-20(13-15-7-4-3-5-8-15)23(29)27-22-18(25)9-6-10-19(22)26/h3-12,14,20,28H,2,13H2,1H3,(H,27,29)/t20-/m1/s1. The first-order valence-corrected chi connectivity index (χ1v) is 11.8. The Labute approximate surface area is 195 Å². The molecule has 0 saturated heterocycles. The van der Waals surface area contributed by atoms with Crippen LogP contribution in [0.15, 0.2) is 71.6 Å². The fourth-order valence-corrected chi connectivity index (χ4v) is 4.56. The van der Waals surface area contributed by atoms with Crippen LogP contribution in [-0.2, 0) is 21.2 Å². The van der Waals surface area contributed by atoms with Crippen LogP contribution in [-0.4, -0.2) is 27.0 Å². The molecule has 3 aromatic rings. The summed E-state index contributed by atoms with van der Waals surface area (Å²) in [6.07, 6.45) is -0.0628. The average Bonchev–Trinajstić information content (AvgIpc) is 2.78. The van der Waals surface area contributed by atoms with Gasteiger partial charge in [0.1, 0.15) is 29.1 Å². The molecule has 0 aliphatic rings. The molecule has 33 heavy (non-hydrogen) atoms. The maximum absolute atomic E-state index is 14.0. The number of hydrogen-bond donors (Lipinski definition) is 2. The normalized spacial score (nSPS) is 12.2. The van der Waals surface area contributed by atoms with Crippen LogP contribution in [0.4, 0.5) is 14.5 Å². The molecule has 0 unspecified atom stereocenters. The van der Waals surface area contributed by atoms with Gasteiger partial charge < -0.3 is 10.1 Å². The molecular formula is C23H21ClF2N2O4S. The number of halogens is 3. The van der Waals surface area contributed by atoms with Crippen molar-refractivity contribution in [3.63, 3.8) is 0 Å². The Morgan fingerprint density at radius 1 is 1.03 bits per heavy atom. The number of nitrogens with one attached hydrogen (secondary N) is 2. The number of sulfonamides is 1. The summed E-state index contributed by atoms with van der Waals surface area (Å²) in [5.74, 6) is -2.58. The first-order valence-electron chi connectivity index (χ1n) is 9.94. The maximum atomic E-state index is 14.0. The van der Waals surface area contributed by atoms with Crippen LogP contribution >= 0.6 is 11.6 Å². The van der Waals surface area contributed by atoms with E-state index in [0.29, 0.717) is 17.9 Å². The highest BCUT2D eigenvalue weighted by Gasteiger charge is 2.28. The van der Waals surface area contributed by atoms with Crippen molar-refractivity contribution < 1.29 is 26.7 Å². The van der Waals surface area contributed by atoms with E-state index in [1.54, 1.807) is 37.3 Å². The van der Waals surface area contributed by atoms with Gasteiger partial charge in [0.2, 0.25) is 15.9 Å². The Kier molecular flexibility index (Phi) is 8.01. The molecular weight excluding hydrogens is 474 g/mol. The summed E-state index contributed by atoms with van der Waals surface area (Å²) in [7, 11) is -4.23. The van der Waals surface area contributed by atoms with Gasteiger partial charge in [0, 0.05) is 0 Å². The van der Waals surface area contributed by atoms with Crippen molar-refractivity contribution in [2.24, 2.45) is 0 Å². The van der Waals surface area contributed by atoms with Crippen LogP contribution in [0, 0.1) is 11.6 Å². The van der Waals surface area contributed by atoms with Crippen LogP contribution in [0.3, 0.4) is 0 Å². The molecule has 1 atom stereocenters. The second kappa shape index (κ2) is 10.7. The number of ether oxygens (including phenoxy) is 1. The Morgan fingerprint density at radius 3 is 2.30 bits per heavy atom. The van der Waals surface area contributed by atoms with Crippen molar-refractivity contribution in [1.29, 1.82) is 0 Å². The zero-order chi connectivity index (χ0) is 24.0. The fraction of sp³-hybridized carbons (Fsp3) is 0.174. The van der Waals surface area contributed by atoms with Crippen molar-refractivity contribution in [3.05, 3.63) is 89.0 Å². The predicted molar refractivity (Wildman–Crippen MR) is 122 cm³/mol. The largest absolute Gasteiger partial charge is 0.492 e. The van der Waals surface area contributed by atoms with Gasteiger partial charge in [-0.3, -0.25) is 4.79 Å². The van der Waals surface area contributed by atoms with E-state index in [4.69, 9.17) is 16.3 Å². The summed E-state index contributed by atoms with van der Waals surface area (Å²) in [6.45, 7) is 2.10. The maximum Gasteiger partial charge on any atom is 0.243 e. The highest BCUT2D eigenvalue weighted by Crippen LogP contribution is 2.27. The number of benzene rings is 3. The van der Waals surface area contributed by atoms with E-state index in [1.165, 1.54) is 18.2 Å². The van der Waals surface area contributed by atoms with Gasteiger partial charge in [0.15, 0.2) is 0 Å². The Hall–Kier alpha value is -3.01. The lowest BCUT2D eigenvalue weighted by Gasteiger charge is -2.19. The Bertz CT molecular complexity index is 1220. The van der Waals surface area contributed by atoms with E-state index in [1.807, 2.05) is 0 Å². The molecule has 0 spiro atoms. The summed E-state index contributed by atoms with van der Waals surface area (Å²) in [4.78, 5) is 12.7. The zero-order valence-corrected chi connectivity index (χ0v) is 19.1. The minimum absolute atomic E-state index is 0.0628. The molecule has 0 fully saturated rings. The van der Waals surface area contributed by atoms with Crippen molar-refractivity contribution in [2.45, 2.75) is 24.3 Å². The summed E-state index contributed by atoms with van der Waals surface area (Å²) in [5, 5.41) is 2.23.